The zero-order valence-electron chi connectivity index (χ0n) is 19.0. The molecule has 0 bridgehead atoms. The molecular weight excluding hydrogens is 448 g/mol. The van der Waals surface area contributed by atoms with E-state index in [4.69, 9.17) is 4.74 Å². The van der Waals surface area contributed by atoms with Gasteiger partial charge in [-0.05, 0) is 32.0 Å². The van der Waals surface area contributed by atoms with Gasteiger partial charge in [0.1, 0.15) is 5.54 Å². The first kappa shape index (κ1) is 22.2. The summed E-state index contributed by atoms with van der Waals surface area (Å²) in [5.41, 5.74) is 0.168. The standard InChI is InChI=1S/C27H20N2O6/c1-27(2)26(34)28-19-12-5-6-13-20(19)29(27)21(30)14-35-25(33)18-11-7-10-17-22(18)24(32)16-9-4-3-8-15(16)23(17)31/h3-13H,14H2,1-2H3,(H,28,34). The Morgan fingerprint density at radius 3 is 2.20 bits per heavy atom. The fourth-order valence-electron chi connectivity index (χ4n) is 4.48. The number of anilines is 2. The van der Waals surface area contributed by atoms with Gasteiger partial charge in [0.05, 0.1) is 16.9 Å². The van der Waals surface area contributed by atoms with Crippen molar-refractivity contribution in [2.24, 2.45) is 0 Å². The third-order valence-electron chi connectivity index (χ3n) is 6.26. The molecule has 0 fully saturated rings. The van der Waals surface area contributed by atoms with Crippen molar-refractivity contribution in [3.05, 3.63) is 94.5 Å². The normalized spacial score (nSPS) is 15.5. The van der Waals surface area contributed by atoms with Crippen molar-refractivity contribution in [2.45, 2.75) is 19.4 Å². The van der Waals surface area contributed by atoms with E-state index in [0.29, 0.717) is 11.4 Å². The van der Waals surface area contributed by atoms with Gasteiger partial charge in [-0.1, -0.05) is 48.5 Å². The van der Waals surface area contributed by atoms with Crippen LogP contribution in [0.25, 0.3) is 0 Å². The second-order valence-electron chi connectivity index (χ2n) is 8.77. The number of hydrogen-bond donors (Lipinski definition) is 1. The highest BCUT2D eigenvalue weighted by Gasteiger charge is 2.44. The molecule has 2 amide bonds. The summed E-state index contributed by atoms with van der Waals surface area (Å²) in [4.78, 5) is 66.1. The Morgan fingerprint density at radius 2 is 1.46 bits per heavy atom. The van der Waals surface area contributed by atoms with Crippen LogP contribution in [0.15, 0.2) is 66.7 Å². The van der Waals surface area contributed by atoms with Crippen LogP contribution in [0.4, 0.5) is 11.4 Å². The van der Waals surface area contributed by atoms with Gasteiger partial charge in [-0.3, -0.25) is 24.1 Å². The van der Waals surface area contributed by atoms with Crippen LogP contribution in [0.5, 0.6) is 0 Å². The Morgan fingerprint density at radius 1 is 0.829 bits per heavy atom. The number of para-hydroxylation sites is 2. The molecule has 35 heavy (non-hydrogen) atoms. The van der Waals surface area contributed by atoms with E-state index in [1.165, 1.54) is 29.2 Å². The molecule has 8 heteroatoms. The molecule has 0 saturated carbocycles. The molecule has 0 saturated heterocycles. The first-order valence-electron chi connectivity index (χ1n) is 10.9. The largest absolute Gasteiger partial charge is 0.452 e. The molecule has 3 aromatic carbocycles. The fraction of sp³-hybridized carbons (Fsp3) is 0.148. The van der Waals surface area contributed by atoms with Crippen molar-refractivity contribution in [3.8, 4) is 0 Å². The molecule has 8 nitrogen and oxygen atoms in total. The van der Waals surface area contributed by atoms with E-state index in [9.17, 15) is 24.0 Å². The number of rotatable bonds is 3. The van der Waals surface area contributed by atoms with Crippen molar-refractivity contribution >= 4 is 40.7 Å². The lowest BCUT2D eigenvalue weighted by Crippen LogP contribution is -2.59. The number of carbonyl (C=O) groups is 5. The number of carbonyl (C=O) groups excluding carboxylic acids is 5. The lowest BCUT2D eigenvalue weighted by Gasteiger charge is -2.41. The van der Waals surface area contributed by atoms with Crippen LogP contribution >= 0.6 is 0 Å². The summed E-state index contributed by atoms with van der Waals surface area (Å²) >= 11 is 0. The fourth-order valence-corrected chi connectivity index (χ4v) is 4.48. The molecule has 3 aromatic rings. The Kier molecular flexibility index (Phi) is 5.09. The molecule has 1 aliphatic carbocycles. The molecule has 0 spiro atoms. The van der Waals surface area contributed by atoms with E-state index < -0.39 is 29.8 Å². The highest BCUT2D eigenvalue weighted by molar-refractivity contribution is 6.30. The minimum Gasteiger partial charge on any atom is -0.452 e. The van der Waals surface area contributed by atoms with E-state index >= 15 is 0 Å². The smallest absolute Gasteiger partial charge is 0.339 e. The van der Waals surface area contributed by atoms with Crippen molar-refractivity contribution in [2.75, 3.05) is 16.8 Å². The van der Waals surface area contributed by atoms with Crippen LogP contribution in [-0.2, 0) is 14.3 Å². The number of hydrogen-bond acceptors (Lipinski definition) is 6. The van der Waals surface area contributed by atoms with Gasteiger partial charge in [0.15, 0.2) is 18.2 Å². The van der Waals surface area contributed by atoms with E-state index in [1.807, 2.05) is 0 Å². The lowest BCUT2D eigenvalue weighted by atomic mass is 9.82. The maximum atomic E-state index is 13.2. The summed E-state index contributed by atoms with van der Waals surface area (Å²) in [5, 5.41) is 2.77. The summed E-state index contributed by atoms with van der Waals surface area (Å²) in [6.45, 7) is 2.52. The second-order valence-corrected chi connectivity index (χ2v) is 8.77. The predicted octanol–water partition coefficient (Wildman–Crippen LogP) is 3.38. The van der Waals surface area contributed by atoms with Crippen LogP contribution in [0.3, 0.4) is 0 Å². The summed E-state index contributed by atoms with van der Waals surface area (Å²) in [7, 11) is 0. The highest BCUT2D eigenvalue weighted by Crippen LogP contribution is 2.37. The number of fused-ring (bicyclic) bond motifs is 3. The number of ether oxygens (including phenoxy) is 1. The predicted molar refractivity (Wildman–Crippen MR) is 127 cm³/mol. The third kappa shape index (κ3) is 3.42. The number of nitrogens with zero attached hydrogens (tertiary/aromatic N) is 1. The number of ketones is 2. The summed E-state index contributed by atoms with van der Waals surface area (Å²) in [6, 6.07) is 17.6. The SMILES string of the molecule is CC1(C)C(=O)Nc2ccccc2N1C(=O)COC(=O)c1cccc2c1C(=O)c1ccccc1C2=O. The molecular formula is C27H20N2O6. The molecule has 1 heterocycles. The molecule has 1 aliphatic heterocycles. The Balaban J connectivity index is 1.43. The monoisotopic (exact) mass is 468 g/mol. The third-order valence-corrected chi connectivity index (χ3v) is 6.26. The van der Waals surface area contributed by atoms with Crippen molar-refractivity contribution in [1.82, 2.24) is 0 Å². The minimum absolute atomic E-state index is 0.0447. The van der Waals surface area contributed by atoms with Crippen LogP contribution in [0, 0.1) is 0 Å². The summed E-state index contributed by atoms with van der Waals surface area (Å²) in [5.74, 6) is -2.72. The Bertz CT molecular complexity index is 1460. The molecule has 0 unspecified atom stereocenters. The lowest BCUT2D eigenvalue weighted by molar-refractivity contribution is -0.128. The molecule has 174 valence electrons. The van der Waals surface area contributed by atoms with E-state index in [2.05, 4.69) is 5.32 Å². The molecule has 1 N–H and O–H groups in total. The van der Waals surface area contributed by atoms with Gasteiger partial charge in [-0.2, -0.15) is 0 Å². The molecule has 2 aliphatic rings. The molecule has 0 radical (unpaired) electrons. The number of esters is 1. The average Bonchev–Trinajstić information content (AvgIpc) is 2.86. The van der Waals surface area contributed by atoms with Gasteiger partial charge in [0, 0.05) is 22.3 Å². The van der Waals surface area contributed by atoms with Crippen LogP contribution in [-0.4, -0.2) is 41.5 Å². The van der Waals surface area contributed by atoms with Gasteiger partial charge in [0.25, 0.3) is 5.91 Å². The summed E-state index contributed by atoms with van der Waals surface area (Å²) in [6.07, 6.45) is 0. The first-order valence-corrected chi connectivity index (χ1v) is 10.9. The first-order chi connectivity index (χ1) is 16.7. The van der Waals surface area contributed by atoms with Crippen molar-refractivity contribution in [1.29, 1.82) is 0 Å². The highest BCUT2D eigenvalue weighted by atomic mass is 16.5. The van der Waals surface area contributed by atoms with Gasteiger partial charge in [-0.25, -0.2) is 4.79 Å². The van der Waals surface area contributed by atoms with Gasteiger partial charge in [0.2, 0.25) is 5.91 Å². The number of nitrogens with one attached hydrogen (secondary N) is 1. The molecule has 0 aromatic heterocycles. The summed E-state index contributed by atoms with van der Waals surface area (Å²) < 4.78 is 5.30. The van der Waals surface area contributed by atoms with Crippen LogP contribution in [0.1, 0.15) is 56.0 Å². The van der Waals surface area contributed by atoms with Crippen molar-refractivity contribution in [3.63, 3.8) is 0 Å². The quantitative estimate of drug-likeness (QED) is 0.462. The Hall–Kier alpha value is -4.59. The molecule has 5 rings (SSSR count). The minimum atomic E-state index is -1.23. The van der Waals surface area contributed by atoms with Crippen LogP contribution in [0.2, 0.25) is 0 Å². The van der Waals surface area contributed by atoms with Gasteiger partial charge in [-0.15, -0.1) is 0 Å². The average molecular weight is 468 g/mol. The van der Waals surface area contributed by atoms with E-state index in [1.54, 1.807) is 56.3 Å². The van der Waals surface area contributed by atoms with E-state index in [-0.39, 0.29) is 39.5 Å². The maximum absolute atomic E-state index is 13.2. The van der Waals surface area contributed by atoms with Crippen molar-refractivity contribution < 1.29 is 28.7 Å². The van der Waals surface area contributed by atoms with E-state index in [0.717, 1.165) is 0 Å². The maximum Gasteiger partial charge on any atom is 0.339 e. The topological polar surface area (TPSA) is 110 Å². The number of benzene rings is 3. The zero-order chi connectivity index (χ0) is 24.9. The Labute approximate surface area is 200 Å². The van der Waals surface area contributed by atoms with Crippen LogP contribution < -0.4 is 10.2 Å². The van der Waals surface area contributed by atoms with Gasteiger partial charge < -0.3 is 10.1 Å². The molecule has 0 atom stereocenters. The van der Waals surface area contributed by atoms with Gasteiger partial charge >= 0.3 is 5.97 Å². The number of amides is 2. The zero-order valence-corrected chi connectivity index (χ0v) is 19.0. The second kappa shape index (κ2) is 8.02.